The van der Waals surface area contributed by atoms with E-state index in [1.54, 1.807) is 50.2 Å². The van der Waals surface area contributed by atoms with Gasteiger partial charge in [-0.05, 0) is 109 Å². The predicted molar refractivity (Wildman–Crippen MR) is 259 cm³/mol. The number of thioether (sulfide) groups is 1. The van der Waals surface area contributed by atoms with Crippen LogP contribution in [0.2, 0.25) is 0 Å². The quantitative estimate of drug-likeness (QED) is 0.0525. The molecule has 0 saturated heterocycles. The molecule has 68 heavy (non-hydrogen) atoms. The van der Waals surface area contributed by atoms with Gasteiger partial charge in [-0.2, -0.15) is 11.8 Å². The van der Waals surface area contributed by atoms with E-state index < -0.39 is 89.6 Å². The largest absolute Gasteiger partial charge is 0.508 e. The topological polar surface area (TPSA) is 299 Å². The first kappa shape index (κ1) is 56.0. The number of phenols is 3. The molecule has 0 saturated carbocycles. The molecule has 0 fully saturated rings. The maximum Gasteiger partial charge on any atom is 0.326 e. The number of benzene rings is 3. The zero-order valence-corrected chi connectivity index (χ0v) is 40.6. The molecule has 6 amide bonds. The molecule has 0 unspecified atom stereocenters. The van der Waals surface area contributed by atoms with Crippen LogP contribution in [0.25, 0.3) is 0 Å². The molecule has 0 aliphatic carbocycles. The summed E-state index contributed by atoms with van der Waals surface area (Å²) in [6.07, 6.45) is 2.12. The van der Waals surface area contributed by atoms with Crippen LogP contribution in [0.5, 0.6) is 17.2 Å². The average Bonchev–Trinajstić information content (AvgIpc) is 3.27. The number of hydrogen-bond donors (Lipinski definition) is 11. The van der Waals surface area contributed by atoms with Crippen LogP contribution >= 0.6 is 11.8 Å². The first-order valence-electron chi connectivity index (χ1n) is 22.7. The second-order valence-corrected chi connectivity index (χ2v) is 19.1. The van der Waals surface area contributed by atoms with Crippen molar-refractivity contribution in [1.82, 2.24) is 31.9 Å². The third-order valence-electron chi connectivity index (χ3n) is 10.9. The summed E-state index contributed by atoms with van der Waals surface area (Å²) < 4.78 is 0. The van der Waals surface area contributed by atoms with Gasteiger partial charge < -0.3 is 58.1 Å². The fraction of sp³-hybridized carbons (Fsp3) is 0.490. The SMILES string of the molecule is CSCC[C@H](NC(=O)[C@H](Cc1ccc(O)cc1)NC(=O)[C@H](CC(C)C)NC(=O)[C@H](Cc1ccc(O)cc1)NC(=O)[C@H](CC(C)C)NC(=O)[C@@H](N)Cc1ccc(O)cc1)C(=O)N[C@H](C(=O)O)C(C)C. The summed E-state index contributed by atoms with van der Waals surface area (Å²) in [7, 11) is 0. The number of phenolic OH excluding ortho intramolecular Hbond substituents is 3. The van der Waals surface area contributed by atoms with Crippen molar-refractivity contribution < 1.29 is 54.0 Å². The standard InChI is InChI=1S/C49H69N7O11S/c1-27(2)22-38(52-43(60)36(50)24-30-8-14-33(57)15-9-30)45(62)55-41(26-32-12-18-35(59)19-13-32)48(65)53-39(23-28(3)4)46(63)54-40(25-31-10-16-34(58)17-11-31)47(64)51-37(20-21-68-7)44(61)56-42(29(5)6)49(66)67/h8-19,27-29,36-42,57-59H,20-26,50H2,1-7H3,(H,51,64)(H,52,60)(H,53,65)(H,54,63)(H,55,62)(H,56,61)(H,66,67)/t36-,37-,38-,39-,40-,41-,42-/m0/s1. The van der Waals surface area contributed by atoms with E-state index in [1.807, 2.05) is 34.0 Å². The van der Waals surface area contributed by atoms with E-state index in [0.29, 0.717) is 22.4 Å². The molecule has 0 bridgehead atoms. The molecule has 0 aliphatic rings. The van der Waals surface area contributed by atoms with Crippen molar-refractivity contribution in [3.8, 4) is 17.2 Å². The van der Waals surface area contributed by atoms with Gasteiger partial charge in [0.15, 0.2) is 0 Å². The summed E-state index contributed by atoms with van der Waals surface area (Å²) in [6.45, 7) is 10.6. The van der Waals surface area contributed by atoms with Gasteiger partial charge in [0.25, 0.3) is 0 Å². The van der Waals surface area contributed by atoms with Crippen LogP contribution in [0.15, 0.2) is 72.8 Å². The van der Waals surface area contributed by atoms with E-state index in [0.717, 1.165) is 0 Å². The van der Waals surface area contributed by atoms with Gasteiger partial charge in [0.1, 0.15) is 53.5 Å². The number of carbonyl (C=O) groups excluding carboxylic acids is 6. The van der Waals surface area contributed by atoms with Crippen molar-refractivity contribution >= 4 is 53.2 Å². The highest BCUT2D eigenvalue weighted by Crippen LogP contribution is 2.17. The highest BCUT2D eigenvalue weighted by Gasteiger charge is 2.35. The van der Waals surface area contributed by atoms with Crippen molar-refractivity contribution in [3.63, 3.8) is 0 Å². The number of aromatic hydroxyl groups is 3. The van der Waals surface area contributed by atoms with Gasteiger partial charge in [0.05, 0.1) is 6.04 Å². The molecule has 19 heteroatoms. The number of carboxylic acid groups (broad SMARTS) is 1. The molecule has 0 spiro atoms. The van der Waals surface area contributed by atoms with E-state index in [1.165, 1.54) is 48.2 Å². The number of hydrogen-bond acceptors (Lipinski definition) is 12. The molecule has 3 aromatic carbocycles. The normalized spacial score (nSPS) is 14.4. The molecule has 0 heterocycles. The summed E-state index contributed by atoms with van der Waals surface area (Å²) in [5.74, 6) is -5.89. The number of rotatable bonds is 27. The molecular formula is C49H69N7O11S. The minimum atomic E-state index is -1.34. The van der Waals surface area contributed by atoms with Gasteiger partial charge in [-0.1, -0.05) is 77.9 Å². The van der Waals surface area contributed by atoms with Crippen LogP contribution in [0, 0.1) is 17.8 Å². The Morgan fingerprint density at radius 1 is 0.485 bits per heavy atom. The molecule has 7 atom stereocenters. The third kappa shape index (κ3) is 19.1. The second kappa shape index (κ2) is 27.5. The smallest absolute Gasteiger partial charge is 0.326 e. The number of amides is 6. The minimum absolute atomic E-state index is 0.0297. The van der Waals surface area contributed by atoms with Gasteiger partial charge in [-0.15, -0.1) is 0 Å². The Balaban J connectivity index is 1.94. The number of carbonyl (C=O) groups is 7. The van der Waals surface area contributed by atoms with Gasteiger partial charge in [-0.25, -0.2) is 4.79 Å². The van der Waals surface area contributed by atoms with Gasteiger partial charge in [-0.3, -0.25) is 28.8 Å². The lowest BCUT2D eigenvalue weighted by Gasteiger charge is -2.29. The Morgan fingerprint density at radius 2 is 0.809 bits per heavy atom. The molecule has 3 aromatic rings. The maximum atomic E-state index is 14.4. The van der Waals surface area contributed by atoms with Crippen molar-refractivity contribution in [2.45, 2.75) is 122 Å². The zero-order chi connectivity index (χ0) is 50.7. The van der Waals surface area contributed by atoms with Crippen LogP contribution in [0.3, 0.4) is 0 Å². The van der Waals surface area contributed by atoms with Crippen molar-refractivity contribution in [1.29, 1.82) is 0 Å². The number of nitrogens with one attached hydrogen (secondary N) is 6. The summed E-state index contributed by atoms with van der Waals surface area (Å²) >= 11 is 1.41. The van der Waals surface area contributed by atoms with E-state index in [2.05, 4.69) is 31.9 Å². The van der Waals surface area contributed by atoms with Crippen LogP contribution in [0.1, 0.15) is 77.5 Å². The highest BCUT2D eigenvalue weighted by atomic mass is 32.2. The zero-order valence-electron chi connectivity index (χ0n) is 39.8. The van der Waals surface area contributed by atoms with Crippen LogP contribution in [-0.4, -0.2) is 116 Å². The van der Waals surface area contributed by atoms with E-state index in [4.69, 9.17) is 5.73 Å². The lowest BCUT2D eigenvalue weighted by atomic mass is 9.98. The molecule has 18 nitrogen and oxygen atoms in total. The Kier molecular flexibility index (Phi) is 22.6. The highest BCUT2D eigenvalue weighted by molar-refractivity contribution is 7.98. The third-order valence-corrected chi connectivity index (χ3v) is 11.5. The molecular weight excluding hydrogens is 895 g/mol. The van der Waals surface area contributed by atoms with Crippen LogP contribution < -0.4 is 37.6 Å². The Morgan fingerprint density at radius 3 is 1.16 bits per heavy atom. The maximum absolute atomic E-state index is 14.4. The fourth-order valence-electron chi connectivity index (χ4n) is 7.18. The van der Waals surface area contributed by atoms with E-state index in [9.17, 15) is 54.0 Å². The summed E-state index contributed by atoms with van der Waals surface area (Å²) in [5, 5.41) is 55.5. The van der Waals surface area contributed by atoms with Gasteiger partial charge in [0.2, 0.25) is 35.4 Å². The first-order chi connectivity index (χ1) is 32.1. The molecule has 12 N–H and O–H groups in total. The molecule has 0 radical (unpaired) electrons. The van der Waals surface area contributed by atoms with Crippen molar-refractivity contribution in [2.24, 2.45) is 23.5 Å². The Bertz CT molecular complexity index is 2140. The summed E-state index contributed by atoms with van der Waals surface area (Å²) in [6, 6.07) is 9.60. The number of nitrogens with two attached hydrogens (primary N) is 1. The van der Waals surface area contributed by atoms with Gasteiger partial charge in [0, 0.05) is 12.8 Å². The van der Waals surface area contributed by atoms with Gasteiger partial charge >= 0.3 is 5.97 Å². The summed E-state index contributed by atoms with van der Waals surface area (Å²) in [4.78, 5) is 95.9. The van der Waals surface area contributed by atoms with E-state index in [-0.39, 0.29) is 67.6 Å². The van der Waals surface area contributed by atoms with E-state index >= 15 is 0 Å². The number of carboxylic acids is 1. The lowest BCUT2D eigenvalue weighted by molar-refractivity contribution is -0.143. The second-order valence-electron chi connectivity index (χ2n) is 18.1. The average molecular weight is 964 g/mol. The molecule has 372 valence electrons. The summed E-state index contributed by atoms with van der Waals surface area (Å²) in [5.41, 5.74) is 8.01. The Hall–Kier alpha value is -6.34. The van der Waals surface area contributed by atoms with Crippen LogP contribution in [0.4, 0.5) is 0 Å². The minimum Gasteiger partial charge on any atom is -0.508 e. The van der Waals surface area contributed by atoms with Crippen molar-refractivity contribution in [3.05, 3.63) is 89.5 Å². The predicted octanol–water partition coefficient (Wildman–Crippen LogP) is 2.65. The monoisotopic (exact) mass is 963 g/mol. The lowest BCUT2D eigenvalue weighted by Crippen LogP contribution is -2.60. The van der Waals surface area contributed by atoms with Crippen LogP contribution in [-0.2, 0) is 52.8 Å². The molecule has 3 rings (SSSR count). The van der Waals surface area contributed by atoms with Crippen molar-refractivity contribution in [2.75, 3.05) is 12.0 Å². The molecule has 0 aliphatic heterocycles. The fourth-order valence-corrected chi connectivity index (χ4v) is 7.65. The Labute approximate surface area is 402 Å². The first-order valence-corrected chi connectivity index (χ1v) is 24.1. The molecule has 0 aromatic heterocycles. The number of aliphatic carboxylic acids is 1.